The Morgan fingerprint density at radius 3 is 2.05 bits per heavy atom. The van der Waals surface area contributed by atoms with Crippen LogP contribution in [0.4, 0.5) is 11.4 Å². The van der Waals surface area contributed by atoms with Gasteiger partial charge in [0.1, 0.15) is 0 Å². The van der Waals surface area contributed by atoms with Crippen molar-refractivity contribution in [3.63, 3.8) is 0 Å². The Balaban J connectivity index is 3.14. The summed E-state index contributed by atoms with van der Waals surface area (Å²) in [5.41, 5.74) is 6.69. The largest absolute Gasteiger partial charge is 0.404 e. The normalized spacial score (nSPS) is 10.7. The molecule has 1 aromatic carbocycles. The Morgan fingerprint density at radius 2 is 1.62 bits per heavy atom. The average molecular weight is 294 g/mol. The first-order valence-corrected chi connectivity index (χ1v) is 6.21. The molecule has 0 amide bonds. The molecule has 0 aliphatic heterocycles. The van der Waals surface area contributed by atoms with E-state index in [1.54, 1.807) is 18.2 Å². The summed E-state index contributed by atoms with van der Waals surface area (Å²) in [6, 6.07) is 4.75. The molecule has 0 aliphatic carbocycles. The molecule has 0 atom stereocenters. The van der Waals surface area contributed by atoms with Crippen LogP contribution in [0.2, 0.25) is 0 Å². The maximum absolute atomic E-state index is 11.5. The third-order valence-electron chi connectivity index (χ3n) is 2.52. The molecule has 0 fully saturated rings. The number of carbonyl (C=O) groups excluding carboxylic acids is 3. The Bertz CT molecular complexity index is 567. The number of nitrogens with two attached hydrogens (primary N) is 1. The lowest BCUT2D eigenvalue weighted by molar-refractivity contribution is -0.209. The Hall–Kier alpha value is -2.57. The van der Waals surface area contributed by atoms with Crippen LogP contribution in [0.25, 0.3) is 0 Å². The second-order valence-corrected chi connectivity index (χ2v) is 4.58. The molecule has 0 heterocycles. The Kier molecular flexibility index (Phi) is 4.91. The van der Waals surface area contributed by atoms with E-state index in [4.69, 9.17) is 15.2 Å². The van der Waals surface area contributed by atoms with Crippen LogP contribution in [0.5, 0.6) is 0 Å². The zero-order valence-corrected chi connectivity index (χ0v) is 12.4. The number of rotatable bonds is 5. The molecule has 3 N–H and O–H groups in total. The molecule has 21 heavy (non-hydrogen) atoms. The number of nitrogen functional groups attached to an aromatic ring is 1. The van der Waals surface area contributed by atoms with Crippen molar-refractivity contribution in [1.82, 2.24) is 0 Å². The predicted octanol–water partition coefficient (Wildman–Crippen LogP) is 1.68. The fraction of sp³-hybridized carbons (Fsp3) is 0.357. The number of Topliss-reactive ketones (excluding diaryl/α,β-unsaturated/α-hetero) is 1. The Morgan fingerprint density at radius 1 is 1.10 bits per heavy atom. The summed E-state index contributed by atoms with van der Waals surface area (Å²) in [5.74, 6) is -3.22. The lowest BCUT2D eigenvalue weighted by atomic mass is 10.1. The number of carbonyl (C=O) groups is 3. The van der Waals surface area contributed by atoms with Crippen molar-refractivity contribution < 1.29 is 23.9 Å². The summed E-state index contributed by atoms with van der Waals surface area (Å²) < 4.78 is 9.95. The van der Waals surface area contributed by atoms with Gasteiger partial charge in [-0.1, -0.05) is 6.07 Å². The van der Waals surface area contributed by atoms with Crippen molar-refractivity contribution in [3.8, 4) is 0 Å². The summed E-state index contributed by atoms with van der Waals surface area (Å²) in [5, 5.41) is 2.72. The fourth-order valence-electron chi connectivity index (χ4n) is 1.85. The van der Waals surface area contributed by atoms with Gasteiger partial charge in [-0.2, -0.15) is 0 Å². The van der Waals surface area contributed by atoms with Crippen LogP contribution >= 0.6 is 0 Å². The molecule has 0 bridgehead atoms. The zero-order chi connectivity index (χ0) is 16.2. The predicted molar refractivity (Wildman–Crippen MR) is 76.4 cm³/mol. The van der Waals surface area contributed by atoms with Crippen molar-refractivity contribution in [1.29, 1.82) is 0 Å². The zero-order valence-electron chi connectivity index (χ0n) is 12.4. The van der Waals surface area contributed by atoms with E-state index in [1.165, 1.54) is 27.7 Å². The molecule has 114 valence electrons. The van der Waals surface area contributed by atoms with Crippen molar-refractivity contribution >= 4 is 29.1 Å². The first kappa shape index (κ1) is 16.5. The highest BCUT2D eigenvalue weighted by atomic mass is 16.7. The summed E-state index contributed by atoms with van der Waals surface area (Å²) in [7, 11) is 0. The first-order chi connectivity index (χ1) is 9.64. The molecule has 1 aromatic rings. The van der Waals surface area contributed by atoms with Crippen LogP contribution in [0.15, 0.2) is 18.2 Å². The number of benzene rings is 1. The van der Waals surface area contributed by atoms with Crippen LogP contribution in [0, 0.1) is 0 Å². The van der Waals surface area contributed by atoms with Gasteiger partial charge in [-0.05, 0) is 19.1 Å². The van der Waals surface area contributed by atoms with Crippen molar-refractivity contribution in [2.24, 2.45) is 0 Å². The van der Waals surface area contributed by atoms with E-state index in [1.807, 2.05) is 0 Å². The molecule has 0 spiro atoms. The van der Waals surface area contributed by atoms with Crippen LogP contribution in [0.3, 0.4) is 0 Å². The molecule has 0 aliphatic rings. The van der Waals surface area contributed by atoms with Gasteiger partial charge in [-0.25, -0.2) is 0 Å². The topological polar surface area (TPSA) is 108 Å². The van der Waals surface area contributed by atoms with E-state index in [0.717, 1.165) is 0 Å². The van der Waals surface area contributed by atoms with Crippen molar-refractivity contribution in [2.75, 3.05) is 11.1 Å². The number of esters is 2. The summed E-state index contributed by atoms with van der Waals surface area (Å²) in [6.45, 7) is 5.10. The second-order valence-electron chi connectivity index (χ2n) is 4.58. The Labute approximate surface area is 122 Å². The van der Waals surface area contributed by atoms with Gasteiger partial charge in [0.05, 0.1) is 11.4 Å². The molecule has 7 nitrogen and oxygen atoms in total. The number of anilines is 2. The lowest BCUT2D eigenvalue weighted by Gasteiger charge is -2.30. The highest BCUT2D eigenvalue weighted by molar-refractivity contribution is 6.01. The SMILES string of the molecule is CC(=O)OC(C)(Nc1cccc(C(C)=O)c1N)OC(C)=O. The molecular weight excluding hydrogens is 276 g/mol. The quantitative estimate of drug-likeness (QED) is 0.368. The van der Waals surface area contributed by atoms with E-state index in [2.05, 4.69) is 5.32 Å². The maximum atomic E-state index is 11.5. The lowest BCUT2D eigenvalue weighted by Crippen LogP contribution is -2.43. The minimum Gasteiger partial charge on any atom is -0.404 e. The number of para-hydroxylation sites is 1. The third-order valence-corrected chi connectivity index (χ3v) is 2.52. The fourth-order valence-corrected chi connectivity index (χ4v) is 1.85. The molecule has 7 heteroatoms. The van der Waals surface area contributed by atoms with Crippen LogP contribution in [-0.2, 0) is 19.1 Å². The van der Waals surface area contributed by atoms with Gasteiger partial charge < -0.3 is 20.5 Å². The van der Waals surface area contributed by atoms with Crippen molar-refractivity contribution in [3.05, 3.63) is 23.8 Å². The first-order valence-electron chi connectivity index (χ1n) is 6.21. The van der Waals surface area contributed by atoms with Crippen LogP contribution < -0.4 is 11.1 Å². The van der Waals surface area contributed by atoms with Gasteiger partial charge in [0.25, 0.3) is 0 Å². The van der Waals surface area contributed by atoms with Crippen LogP contribution in [0.1, 0.15) is 38.1 Å². The molecular formula is C14H18N2O5. The van der Waals surface area contributed by atoms with Gasteiger partial charge >= 0.3 is 17.8 Å². The van der Waals surface area contributed by atoms with E-state index < -0.39 is 17.8 Å². The van der Waals surface area contributed by atoms with E-state index in [-0.39, 0.29) is 11.5 Å². The highest BCUT2D eigenvalue weighted by Crippen LogP contribution is 2.27. The summed E-state index contributed by atoms with van der Waals surface area (Å²) in [6.07, 6.45) is 0. The number of ether oxygens (including phenoxy) is 2. The molecule has 1 rings (SSSR count). The number of nitrogens with one attached hydrogen (secondary N) is 1. The van der Waals surface area contributed by atoms with E-state index in [9.17, 15) is 14.4 Å². The van der Waals surface area contributed by atoms with E-state index >= 15 is 0 Å². The monoisotopic (exact) mass is 294 g/mol. The van der Waals surface area contributed by atoms with Crippen molar-refractivity contribution in [2.45, 2.75) is 33.6 Å². The van der Waals surface area contributed by atoms with Gasteiger partial charge in [-0.3, -0.25) is 14.4 Å². The standard InChI is InChI=1S/C14H18N2O5/c1-8(17)11-6-5-7-12(13(11)15)16-14(4,20-9(2)18)21-10(3)19/h5-7,16H,15H2,1-4H3. The third kappa shape index (κ3) is 4.48. The summed E-state index contributed by atoms with van der Waals surface area (Å²) >= 11 is 0. The van der Waals surface area contributed by atoms with Gasteiger partial charge in [0.2, 0.25) is 0 Å². The van der Waals surface area contributed by atoms with Gasteiger partial charge in [-0.15, -0.1) is 0 Å². The average Bonchev–Trinajstić information content (AvgIpc) is 2.28. The smallest absolute Gasteiger partial charge is 0.337 e. The summed E-state index contributed by atoms with van der Waals surface area (Å²) in [4.78, 5) is 33.8. The van der Waals surface area contributed by atoms with Gasteiger partial charge in [0, 0.05) is 26.3 Å². The minimum atomic E-state index is -1.72. The maximum Gasteiger partial charge on any atom is 0.337 e. The second kappa shape index (κ2) is 6.25. The number of ketones is 1. The number of hydrogen-bond donors (Lipinski definition) is 2. The molecule has 0 saturated heterocycles. The van der Waals surface area contributed by atoms with Gasteiger partial charge in [0.15, 0.2) is 5.78 Å². The van der Waals surface area contributed by atoms with Crippen LogP contribution in [-0.4, -0.2) is 23.6 Å². The highest BCUT2D eigenvalue weighted by Gasteiger charge is 2.32. The molecule has 0 aromatic heterocycles. The minimum absolute atomic E-state index is 0.176. The van der Waals surface area contributed by atoms with E-state index in [0.29, 0.717) is 11.3 Å². The number of hydrogen-bond acceptors (Lipinski definition) is 7. The molecule has 0 radical (unpaired) electrons. The molecule has 0 saturated carbocycles. The molecule has 0 unspecified atom stereocenters.